The standard InChI is InChI=1S/C44H80O12S/c1-3-5-7-9-11-13-15-17-18-19-20-21-23-25-27-29-31-33-40(46)54-38(36-52-34-32-30-28-26-24-22-16-14-12-10-8-6-4-2)37-53-44-42(48)43(56-57(49,50)51)41(47)39(35-45)55-44/h5,7,11,13,17-18,38-39,41-45,47-48H,3-4,6,8-10,12,14-16,19-37H2,1-2H3,(H,49,50,51)/b7-5-,13-11-,18-17-. The molecule has 0 aromatic carbocycles. The van der Waals surface area contributed by atoms with Crippen molar-refractivity contribution in [1.29, 1.82) is 0 Å². The van der Waals surface area contributed by atoms with E-state index in [1.165, 1.54) is 77.0 Å². The van der Waals surface area contributed by atoms with E-state index >= 15 is 0 Å². The fourth-order valence-electron chi connectivity index (χ4n) is 6.69. The van der Waals surface area contributed by atoms with Gasteiger partial charge in [0.1, 0.15) is 30.5 Å². The molecule has 0 radical (unpaired) electrons. The molecule has 6 atom stereocenters. The predicted octanol–water partition coefficient (Wildman–Crippen LogP) is 9.02. The number of carbonyl (C=O) groups is 1. The molecule has 6 unspecified atom stereocenters. The number of carbonyl (C=O) groups excluding carboxylic acids is 1. The Bertz CT molecular complexity index is 1140. The molecule has 1 aliphatic rings. The van der Waals surface area contributed by atoms with Gasteiger partial charge in [-0.25, -0.2) is 4.18 Å². The minimum atomic E-state index is -5.06. The molecule has 57 heavy (non-hydrogen) atoms. The van der Waals surface area contributed by atoms with Crippen molar-refractivity contribution in [3.05, 3.63) is 36.5 Å². The third-order valence-corrected chi connectivity index (χ3v) is 10.5. The summed E-state index contributed by atoms with van der Waals surface area (Å²) in [6.07, 6.45) is 31.7. The van der Waals surface area contributed by atoms with E-state index in [9.17, 15) is 28.5 Å². The van der Waals surface area contributed by atoms with Crippen LogP contribution >= 0.6 is 0 Å². The Balaban J connectivity index is 2.44. The highest BCUT2D eigenvalue weighted by Crippen LogP contribution is 2.26. The van der Waals surface area contributed by atoms with E-state index in [1.54, 1.807) is 0 Å². The van der Waals surface area contributed by atoms with E-state index < -0.39 is 59.8 Å². The number of rotatable bonds is 38. The number of allylic oxidation sites excluding steroid dienone is 6. The molecule has 334 valence electrons. The zero-order valence-electron chi connectivity index (χ0n) is 35.4. The van der Waals surface area contributed by atoms with Gasteiger partial charge in [-0.1, -0.05) is 159 Å². The SMILES string of the molecule is CC/C=C\C/C=C\C/C=C\CCCCCCCCCC(=O)OC(COCCCCCCCCCCCCCCC)COC1OC(CO)C(O)C(OS(=O)(=O)O)C1O. The Labute approximate surface area is 345 Å². The van der Waals surface area contributed by atoms with Crippen LogP contribution in [0.1, 0.15) is 174 Å². The summed E-state index contributed by atoms with van der Waals surface area (Å²) in [7, 11) is -5.06. The van der Waals surface area contributed by atoms with E-state index in [2.05, 4.69) is 54.5 Å². The van der Waals surface area contributed by atoms with Crippen LogP contribution in [0.5, 0.6) is 0 Å². The quantitative estimate of drug-likeness (QED) is 0.0201. The molecule has 12 nitrogen and oxygen atoms in total. The number of aliphatic hydroxyl groups is 3. The van der Waals surface area contributed by atoms with Crippen molar-refractivity contribution in [2.75, 3.05) is 26.4 Å². The molecule has 13 heteroatoms. The van der Waals surface area contributed by atoms with E-state index in [4.69, 9.17) is 23.5 Å². The molecule has 0 aromatic heterocycles. The summed E-state index contributed by atoms with van der Waals surface area (Å²) < 4.78 is 59.0. The fraction of sp³-hybridized carbons (Fsp3) is 0.841. The van der Waals surface area contributed by atoms with Gasteiger partial charge in [0.25, 0.3) is 0 Å². The van der Waals surface area contributed by atoms with Crippen LogP contribution in [-0.2, 0) is 38.3 Å². The van der Waals surface area contributed by atoms with Crippen molar-refractivity contribution in [2.45, 2.75) is 211 Å². The zero-order valence-corrected chi connectivity index (χ0v) is 36.2. The highest BCUT2D eigenvalue weighted by molar-refractivity contribution is 7.80. The Hall–Kier alpha value is -1.68. The zero-order chi connectivity index (χ0) is 41.8. The summed E-state index contributed by atoms with van der Waals surface area (Å²) in [5.41, 5.74) is 0. The second kappa shape index (κ2) is 36.2. The molecule has 1 aliphatic heterocycles. The first-order chi connectivity index (χ1) is 27.6. The molecule has 0 amide bonds. The minimum absolute atomic E-state index is 0.0341. The first kappa shape index (κ1) is 53.3. The lowest BCUT2D eigenvalue weighted by Crippen LogP contribution is -2.60. The van der Waals surface area contributed by atoms with Crippen LogP contribution < -0.4 is 0 Å². The van der Waals surface area contributed by atoms with Crippen LogP contribution in [0, 0.1) is 0 Å². The van der Waals surface area contributed by atoms with Crippen molar-refractivity contribution in [2.24, 2.45) is 0 Å². The van der Waals surface area contributed by atoms with Crippen LogP contribution in [0.15, 0.2) is 36.5 Å². The van der Waals surface area contributed by atoms with E-state index in [1.807, 2.05) is 0 Å². The highest BCUT2D eigenvalue weighted by Gasteiger charge is 2.48. The second-order valence-corrected chi connectivity index (χ2v) is 16.3. The van der Waals surface area contributed by atoms with Gasteiger partial charge in [0, 0.05) is 13.0 Å². The maximum Gasteiger partial charge on any atom is 0.397 e. The minimum Gasteiger partial charge on any atom is -0.457 e. The maximum atomic E-state index is 12.8. The van der Waals surface area contributed by atoms with Gasteiger partial charge in [-0.3, -0.25) is 9.35 Å². The molecule has 1 rings (SSSR count). The van der Waals surface area contributed by atoms with Gasteiger partial charge in [-0.2, -0.15) is 8.42 Å². The average Bonchev–Trinajstić information content (AvgIpc) is 3.18. The van der Waals surface area contributed by atoms with Crippen molar-refractivity contribution in [3.8, 4) is 0 Å². The van der Waals surface area contributed by atoms with Gasteiger partial charge in [0.05, 0.1) is 19.8 Å². The summed E-state index contributed by atoms with van der Waals surface area (Å²) in [6, 6.07) is 0. The summed E-state index contributed by atoms with van der Waals surface area (Å²) in [5.74, 6) is -0.409. The second-order valence-electron chi connectivity index (χ2n) is 15.3. The summed E-state index contributed by atoms with van der Waals surface area (Å²) >= 11 is 0. The number of esters is 1. The molecule has 0 saturated carbocycles. The number of hydrogen-bond donors (Lipinski definition) is 4. The van der Waals surface area contributed by atoms with E-state index in [0.717, 1.165) is 70.6 Å². The smallest absolute Gasteiger partial charge is 0.397 e. The first-order valence-corrected chi connectivity index (χ1v) is 23.6. The Morgan fingerprint density at radius 3 is 1.77 bits per heavy atom. The van der Waals surface area contributed by atoms with Gasteiger partial charge >= 0.3 is 16.4 Å². The maximum absolute atomic E-state index is 12.8. The predicted molar refractivity (Wildman–Crippen MR) is 225 cm³/mol. The van der Waals surface area contributed by atoms with E-state index in [0.29, 0.717) is 13.0 Å². The molecular formula is C44H80O12S. The molecule has 1 fully saturated rings. The average molecular weight is 833 g/mol. The Kier molecular flexibility index (Phi) is 33.9. The number of hydrogen-bond acceptors (Lipinski definition) is 11. The lowest BCUT2D eigenvalue weighted by molar-refractivity contribution is -0.301. The summed E-state index contributed by atoms with van der Waals surface area (Å²) in [5, 5.41) is 30.6. The third kappa shape index (κ3) is 30.1. The fourth-order valence-corrected chi connectivity index (χ4v) is 7.20. The van der Waals surface area contributed by atoms with Gasteiger partial charge < -0.3 is 34.3 Å². The Morgan fingerprint density at radius 1 is 0.684 bits per heavy atom. The van der Waals surface area contributed by atoms with Gasteiger partial charge in [0.2, 0.25) is 0 Å². The largest absolute Gasteiger partial charge is 0.457 e. The van der Waals surface area contributed by atoms with Crippen molar-refractivity contribution in [3.63, 3.8) is 0 Å². The van der Waals surface area contributed by atoms with Crippen LogP contribution in [-0.4, -0.2) is 97.5 Å². The Morgan fingerprint density at radius 2 is 1.21 bits per heavy atom. The number of aliphatic hydroxyl groups excluding tert-OH is 3. The number of ether oxygens (including phenoxy) is 4. The topological polar surface area (TPSA) is 178 Å². The van der Waals surface area contributed by atoms with Crippen molar-refractivity contribution in [1.82, 2.24) is 0 Å². The van der Waals surface area contributed by atoms with Crippen molar-refractivity contribution < 1.29 is 56.2 Å². The van der Waals surface area contributed by atoms with Crippen LogP contribution in [0.2, 0.25) is 0 Å². The molecule has 0 spiro atoms. The van der Waals surface area contributed by atoms with E-state index in [-0.39, 0.29) is 19.6 Å². The molecule has 0 aliphatic carbocycles. The monoisotopic (exact) mass is 833 g/mol. The van der Waals surface area contributed by atoms with Gasteiger partial charge in [-0.15, -0.1) is 0 Å². The summed E-state index contributed by atoms with van der Waals surface area (Å²) in [6.45, 7) is 3.87. The molecule has 0 aromatic rings. The highest BCUT2D eigenvalue weighted by atomic mass is 32.3. The molecular weight excluding hydrogens is 753 g/mol. The third-order valence-electron chi connectivity index (χ3n) is 10.0. The normalized spacial score (nSPS) is 21.0. The molecule has 0 bridgehead atoms. The lowest BCUT2D eigenvalue weighted by Gasteiger charge is -2.41. The van der Waals surface area contributed by atoms with Gasteiger partial charge in [0.15, 0.2) is 6.29 Å². The molecule has 4 N–H and O–H groups in total. The number of unbranched alkanes of at least 4 members (excludes halogenated alkanes) is 19. The van der Waals surface area contributed by atoms with Crippen molar-refractivity contribution >= 4 is 16.4 Å². The first-order valence-electron chi connectivity index (χ1n) is 22.2. The lowest BCUT2D eigenvalue weighted by atomic mass is 9.99. The molecule has 1 heterocycles. The van der Waals surface area contributed by atoms with Crippen LogP contribution in [0.4, 0.5) is 0 Å². The van der Waals surface area contributed by atoms with Crippen LogP contribution in [0.3, 0.4) is 0 Å². The molecule has 1 saturated heterocycles. The summed E-state index contributed by atoms with van der Waals surface area (Å²) in [4.78, 5) is 12.8. The van der Waals surface area contributed by atoms with Crippen LogP contribution in [0.25, 0.3) is 0 Å². The van der Waals surface area contributed by atoms with Gasteiger partial charge in [-0.05, 0) is 44.9 Å².